The van der Waals surface area contributed by atoms with Gasteiger partial charge >= 0.3 is 0 Å². The standard InChI is InChI=1S/C16H15ClF2N2O3S/c1-25(23,24)21(16-13(18)6-3-7-14(16)19)9-8-15(22)20-12-5-2-4-11(17)10-12/h2-7,10H,8-9H2,1H3,(H,20,22). The van der Waals surface area contributed by atoms with Crippen LogP contribution in [0, 0.1) is 11.6 Å². The van der Waals surface area contributed by atoms with Crippen molar-refractivity contribution in [1.82, 2.24) is 0 Å². The van der Waals surface area contributed by atoms with Crippen LogP contribution in [0.5, 0.6) is 0 Å². The molecule has 25 heavy (non-hydrogen) atoms. The molecule has 9 heteroatoms. The quantitative estimate of drug-likeness (QED) is 0.824. The first-order valence-electron chi connectivity index (χ1n) is 7.15. The Bertz CT molecular complexity index is 870. The van der Waals surface area contributed by atoms with E-state index in [9.17, 15) is 22.0 Å². The van der Waals surface area contributed by atoms with Gasteiger partial charge in [0, 0.05) is 23.7 Å². The molecule has 0 saturated heterocycles. The summed E-state index contributed by atoms with van der Waals surface area (Å²) >= 11 is 5.81. The minimum absolute atomic E-state index is 0.298. The first kappa shape index (κ1) is 19.1. The van der Waals surface area contributed by atoms with E-state index in [4.69, 9.17) is 11.6 Å². The molecule has 1 N–H and O–H groups in total. The number of amides is 1. The van der Waals surface area contributed by atoms with E-state index in [-0.39, 0.29) is 6.42 Å². The highest BCUT2D eigenvalue weighted by Gasteiger charge is 2.25. The summed E-state index contributed by atoms with van der Waals surface area (Å²) in [5.74, 6) is -2.57. The van der Waals surface area contributed by atoms with Gasteiger partial charge < -0.3 is 5.32 Å². The number of para-hydroxylation sites is 1. The van der Waals surface area contributed by atoms with Crippen LogP contribution in [-0.4, -0.2) is 27.1 Å². The Balaban J connectivity index is 2.15. The van der Waals surface area contributed by atoms with E-state index >= 15 is 0 Å². The molecular weight excluding hydrogens is 374 g/mol. The number of nitrogens with zero attached hydrogens (tertiary/aromatic N) is 1. The minimum Gasteiger partial charge on any atom is -0.326 e. The highest BCUT2D eigenvalue weighted by molar-refractivity contribution is 7.92. The maximum Gasteiger partial charge on any atom is 0.232 e. The molecule has 1 amide bonds. The minimum atomic E-state index is -3.99. The number of nitrogens with one attached hydrogen (secondary N) is 1. The van der Waals surface area contributed by atoms with Crippen LogP contribution in [-0.2, 0) is 14.8 Å². The molecule has 0 saturated carbocycles. The number of sulfonamides is 1. The molecule has 2 rings (SSSR count). The Morgan fingerprint density at radius 2 is 1.76 bits per heavy atom. The molecule has 0 aliphatic rings. The summed E-state index contributed by atoms with van der Waals surface area (Å²) in [6.07, 6.45) is 0.515. The SMILES string of the molecule is CS(=O)(=O)N(CCC(=O)Nc1cccc(Cl)c1)c1c(F)cccc1F. The number of hydrogen-bond acceptors (Lipinski definition) is 3. The molecule has 2 aromatic rings. The van der Waals surface area contributed by atoms with Gasteiger partial charge in [0.15, 0.2) is 11.6 Å². The molecule has 0 aliphatic carbocycles. The first-order chi connectivity index (χ1) is 11.7. The first-order valence-corrected chi connectivity index (χ1v) is 9.38. The predicted molar refractivity (Wildman–Crippen MR) is 93.2 cm³/mol. The van der Waals surface area contributed by atoms with Crippen LogP contribution >= 0.6 is 11.6 Å². The number of carbonyl (C=O) groups excluding carboxylic acids is 1. The fraction of sp³-hybridized carbons (Fsp3) is 0.188. The van der Waals surface area contributed by atoms with E-state index in [0.29, 0.717) is 15.0 Å². The molecule has 0 aliphatic heterocycles. The molecule has 0 spiro atoms. The number of hydrogen-bond donors (Lipinski definition) is 1. The van der Waals surface area contributed by atoms with Crippen LogP contribution in [0.15, 0.2) is 42.5 Å². The second-order valence-corrected chi connectivity index (χ2v) is 7.56. The van der Waals surface area contributed by atoms with E-state index in [2.05, 4.69) is 5.32 Å². The number of halogens is 3. The normalized spacial score (nSPS) is 11.2. The van der Waals surface area contributed by atoms with Crippen molar-refractivity contribution >= 4 is 38.9 Å². The van der Waals surface area contributed by atoms with Crippen LogP contribution in [0.25, 0.3) is 0 Å². The summed E-state index contributed by atoms with van der Waals surface area (Å²) in [7, 11) is -3.99. The van der Waals surface area contributed by atoms with Crippen LogP contribution in [0.4, 0.5) is 20.2 Å². The maximum atomic E-state index is 13.9. The summed E-state index contributed by atoms with van der Waals surface area (Å²) in [5, 5.41) is 2.96. The zero-order valence-corrected chi connectivity index (χ0v) is 14.7. The number of anilines is 2. The van der Waals surface area contributed by atoms with E-state index in [1.807, 2.05) is 0 Å². The summed E-state index contributed by atoms with van der Waals surface area (Å²) in [4.78, 5) is 12.0. The molecule has 0 radical (unpaired) electrons. The fourth-order valence-electron chi connectivity index (χ4n) is 2.16. The molecule has 0 atom stereocenters. The molecule has 0 aromatic heterocycles. The van der Waals surface area contributed by atoms with Crippen LogP contribution in [0.1, 0.15) is 6.42 Å². The van der Waals surface area contributed by atoms with Crippen LogP contribution < -0.4 is 9.62 Å². The Hall–Kier alpha value is -2.19. The topological polar surface area (TPSA) is 66.5 Å². The molecule has 0 unspecified atom stereocenters. The lowest BCUT2D eigenvalue weighted by molar-refractivity contribution is -0.116. The fourth-order valence-corrected chi connectivity index (χ4v) is 3.28. The number of rotatable bonds is 6. The summed E-state index contributed by atoms with van der Waals surface area (Å²) < 4.78 is 52.1. The van der Waals surface area contributed by atoms with Crippen molar-refractivity contribution in [3.8, 4) is 0 Å². The average Bonchev–Trinajstić information content (AvgIpc) is 2.48. The van der Waals surface area contributed by atoms with Gasteiger partial charge in [-0.25, -0.2) is 17.2 Å². The lowest BCUT2D eigenvalue weighted by Gasteiger charge is -2.23. The van der Waals surface area contributed by atoms with Gasteiger partial charge in [-0.15, -0.1) is 0 Å². The lowest BCUT2D eigenvalue weighted by atomic mass is 10.2. The molecule has 0 bridgehead atoms. The second-order valence-electron chi connectivity index (χ2n) is 5.21. The van der Waals surface area contributed by atoms with E-state index in [1.54, 1.807) is 18.2 Å². The third-order valence-electron chi connectivity index (χ3n) is 3.24. The molecule has 0 fully saturated rings. The van der Waals surface area contributed by atoms with E-state index in [0.717, 1.165) is 24.5 Å². The Labute approximate surface area is 149 Å². The second kappa shape index (κ2) is 7.79. The van der Waals surface area contributed by atoms with Crippen LogP contribution in [0.3, 0.4) is 0 Å². The van der Waals surface area contributed by atoms with Crippen molar-refractivity contribution < 1.29 is 22.0 Å². The van der Waals surface area contributed by atoms with Gasteiger partial charge in [0.05, 0.1) is 6.26 Å². The highest BCUT2D eigenvalue weighted by Crippen LogP contribution is 2.25. The molecule has 0 heterocycles. The smallest absolute Gasteiger partial charge is 0.232 e. The van der Waals surface area contributed by atoms with Gasteiger partial charge in [-0.2, -0.15) is 0 Å². The van der Waals surface area contributed by atoms with E-state index < -0.39 is 39.8 Å². The average molecular weight is 389 g/mol. The number of benzene rings is 2. The van der Waals surface area contributed by atoms with Gasteiger partial charge in [0.2, 0.25) is 15.9 Å². The Morgan fingerprint density at radius 1 is 1.16 bits per heavy atom. The van der Waals surface area contributed by atoms with Gasteiger partial charge in [-0.05, 0) is 30.3 Å². The third-order valence-corrected chi connectivity index (χ3v) is 4.64. The summed E-state index contributed by atoms with van der Waals surface area (Å²) in [6.45, 7) is -0.414. The number of carbonyl (C=O) groups is 1. The third kappa shape index (κ3) is 5.14. The zero-order chi connectivity index (χ0) is 18.6. The van der Waals surface area contributed by atoms with Gasteiger partial charge in [0.25, 0.3) is 0 Å². The van der Waals surface area contributed by atoms with Gasteiger partial charge in [0.1, 0.15) is 5.69 Å². The summed E-state index contributed by atoms with van der Waals surface area (Å²) in [6, 6.07) is 9.41. The molecule has 134 valence electrons. The highest BCUT2D eigenvalue weighted by atomic mass is 35.5. The van der Waals surface area contributed by atoms with Gasteiger partial charge in [-0.3, -0.25) is 9.10 Å². The van der Waals surface area contributed by atoms with Crippen molar-refractivity contribution in [3.63, 3.8) is 0 Å². The van der Waals surface area contributed by atoms with Gasteiger partial charge in [-0.1, -0.05) is 23.7 Å². The Morgan fingerprint density at radius 3 is 2.32 bits per heavy atom. The zero-order valence-electron chi connectivity index (χ0n) is 13.2. The van der Waals surface area contributed by atoms with Crippen molar-refractivity contribution in [3.05, 3.63) is 59.1 Å². The largest absolute Gasteiger partial charge is 0.326 e. The maximum absolute atomic E-state index is 13.9. The van der Waals surface area contributed by atoms with Crippen molar-refractivity contribution in [2.24, 2.45) is 0 Å². The lowest BCUT2D eigenvalue weighted by Crippen LogP contribution is -2.34. The Kier molecular flexibility index (Phi) is 5.97. The van der Waals surface area contributed by atoms with Crippen molar-refractivity contribution in [1.29, 1.82) is 0 Å². The molecular formula is C16H15ClF2N2O3S. The van der Waals surface area contributed by atoms with Crippen LogP contribution in [0.2, 0.25) is 5.02 Å². The predicted octanol–water partition coefficient (Wildman–Crippen LogP) is 3.41. The van der Waals surface area contributed by atoms with Crippen molar-refractivity contribution in [2.45, 2.75) is 6.42 Å². The molecule has 5 nitrogen and oxygen atoms in total. The monoisotopic (exact) mass is 388 g/mol. The van der Waals surface area contributed by atoms with E-state index in [1.165, 1.54) is 6.07 Å². The molecule has 2 aromatic carbocycles. The van der Waals surface area contributed by atoms with Crippen molar-refractivity contribution in [2.75, 3.05) is 22.4 Å². The summed E-state index contributed by atoms with van der Waals surface area (Å²) in [5.41, 5.74) is -0.277.